The SMILES string of the molecule is C=O.CC1(S)NCCC1c1cccc(Cl)c1F.CCNC(=O)COC.Nc1cccc(Cl)c1. The van der Waals surface area contributed by atoms with Gasteiger partial charge in [0.25, 0.3) is 0 Å². The first-order valence-corrected chi connectivity index (χ1v) is 11.3. The van der Waals surface area contributed by atoms with Crippen molar-refractivity contribution in [1.82, 2.24) is 10.6 Å². The monoisotopic (exact) mass is 519 g/mol. The van der Waals surface area contributed by atoms with Gasteiger partial charge < -0.3 is 25.9 Å². The van der Waals surface area contributed by atoms with Crippen LogP contribution in [0.15, 0.2) is 42.5 Å². The van der Waals surface area contributed by atoms with Gasteiger partial charge in [0.2, 0.25) is 5.91 Å². The van der Waals surface area contributed by atoms with E-state index in [1.807, 2.05) is 26.7 Å². The lowest BCUT2D eigenvalue weighted by Crippen LogP contribution is -2.34. The molecular formula is C23H32Cl2FN3O3S. The second kappa shape index (κ2) is 16.7. The van der Waals surface area contributed by atoms with Crippen molar-refractivity contribution in [3.8, 4) is 0 Å². The number of hydrogen-bond acceptors (Lipinski definition) is 6. The molecule has 6 nitrogen and oxygen atoms in total. The second-order valence-electron chi connectivity index (χ2n) is 7.00. The molecule has 184 valence electrons. The normalized spacial score (nSPS) is 18.5. The van der Waals surface area contributed by atoms with E-state index in [2.05, 4.69) is 28.0 Å². The quantitative estimate of drug-likeness (QED) is 0.346. The van der Waals surface area contributed by atoms with Crippen molar-refractivity contribution >= 4 is 54.2 Å². The first kappa shape index (κ1) is 31.2. The van der Waals surface area contributed by atoms with E-state index in [0.29, 0.717) is 22.8 Å². The van der Waals surface area contributed by atoms with Gasteiger partial charge in [0, 0.05) is 30.3 Å². The third-order valence-electron chi connectivity index (χ3n) is 4.45. The van der Waals surface area contributed by atoms with E-state index in [4.69, 9.17) is 33.7 Å². The van der Waals surface area contributed by atoms with Gasteiger partial charge >= 0.3 is 0 Å². The molecule has 1 amide bonds. The molecule has 10 heteroatoms. The standard InChI is InChI=1S/C11H13ClFNS.C6H6ClN.C5H11NO2.CH2O/c1-11(15)8(5-6-14-11)7-3-2-4-9(12)10(7)13;7-5-2-1-3-6(8)4-5;1-3-6-5(7)4-8-2;1-2/h2-4,8,14-15H,5-6H2,1H3;1-4H,8H2;3-4H2,1-2H3,(H,6,7);1H2. The maximum Gasteiger partial charge on any atom is 0.245 e. The second-order valence-corrected chi connectivity index (χ2v) is 8.77. The predicted octanol–water partition coefficient (Wildman–Crippen LogP) is 4.71. The number of nitrogens with two attached hydrogens (primary N) is 1. The first-order chi connectivity index (χ1) is 15.6. The number of thiol groups is 1. The Hall–Kier alpha value is -1.84. The van der Waals surface area contributed by atoms with Crippen LogP contribution in [0.2, 0.25) is 10.0 Å². The van der Waals surface area contributed by atoms with Crippen LogP contribution in [-0.4, -0.2) is 44.4 Å². The highest BCUT2D eigenvalue weighted by molar-refractivity contribution is 7.81. The molecule has 4 N–H and O–H groups in total. The summed E-state index contributed by atoms with van der Waals surface area (Å²) >= 11 is 15.8. The number of ether oxygens (including phenoxy) is 1. The molecule has 2 aromatic carbocycles. The molecule has 2 unspecified atom stereocenters. The highest BCUT2D eigenvalue weighted by Crippen LogP contribution is 2.40. The van der Waals surface area contributed by atoms with Crippen molar-refractivity contribution < 1.29 is 18.7 Å². The largest absolute Gasteiger partial charge is 0.399 e. The minimum atomic E-state index is -0.356. The van der Waals surface area contributed by atoms with Crippen molar-refractivity contribution in [2.45, 2.75) is 31.1 Å². The molecule has 0 bridgehead atoms. The number of carbonyl (C=O) groups is 2. The van der Waals surface area contributed by atoms with Crippen LogP contribution in [0, 0.1) is 5.82 Å². The summed E-state index contributed by atoms with van der Waals surface area (Å²) in [7, 11) is 1.50. The summed E-state index contributed by atoms with van der Waals surface area (Å²) in [5.41, 5.74) is 6.74. The number of anilines is 1. The van der Waals surface area contributed by atoms with Gasteiger partial charge in [-0.2, -0.15) is 12.6 Å². The molecular weight excluding hydrogens is 488 g/mol. The number of benzene rings is 2. The molecule has 33 heavy (non-hydrogen) atoms. The van der Waals surface area contributed by atoms with Crippen molar-refractivity contribution in [2.75, 3.05) is 32.5 Å². The van der Waals surface area contributed by atoms with Gasteiger partial charge in [0.05, 0.1) is 9.89 Å². The fraction of sp³-hybridized carbons (Fsp3) is 0.391. The molecule has 0 saturated carbocycles. The van der Waals surface area contributed by atoms with Gasteiger partial charge in [0.1, 0.15) is 19.2 Å². The topological polar surface area (TPSA) is 93.5 Å². The van der Waals surface area contributed by atoms with Crippen LogP contribution in [-0.2, 0) is 14.3 Å². The molecule has 0 aliphatic carbocycles. The lowest BCUT2D eigenvalue weighted by Gasteiger charge is -2.26. The maximum atomic E-state index is 13.8. The van der Waals surface area contributed by atoms with Crippen molar-refractivity contribution in [3.63, 3.8) is 0 Å². The summed E-state index contributed by atoms with van der Waals surface area (Å²) in [6, 6.07) is 12.2. The van der Waals surface area contributed by atoms with Crippen LogP contribution in [0.1, 0.15) is 31.7 Å². The molecule has 0 aromatic heterocycles. The minimum absolute atomic E-state index is 0.0602. The highest BCUT2D eigenvalue weighted by Gasteiger charge is 2.37. The van der Waals surface area contributed by atoms with Crippen LogP contribution in [0.4, 0.5) is 10.1 Å². The van der Waals surface area contributed by atoms with Crippen molar-refractivity contribution in [3.05, 3.63) is 63.9 Å². The number of carbonyl (C=O) groups excluding carboxylic acids is 2. The molecule has 1 saturated heterocycles. The predicted molar refractivity (Wildman–Crippen MR) is 138 cm³/mol. The zero-order valence-corrected chi connectivity index (χ0v) is 21.4. The zero-order chi connectivity index (χ0) is 25.4. The van der Waals surface area contributed by atoms with Gasteiger partial charge in [0.15, 0.2) is 0 Å². The van der Waals surface area contributed by atoms with E-state index >= 15 is 0 Å². The van der Waals surface area contributed by atoms with E-state index in [-0.39, 0.29) is 34.1 Å². The van der Waals surface area contributed by atoms with Gasteiger partial charge in [-0.1, -0.05) is 41.4 Å². The number of rotatable bonds is 4. The third kappa shape index (κ3) is 11.7. The van der Waals surface area contributed by atoms with Gasteiger partial charge in [-0.15, -0.1) is 0 Å². The molecule has 2 aromatic rings. The molecule has 0 radical (unpaired) electrons. The van der Waals surface area contributed by atoms with Crippen molar-refractivity contribution in [1.29, 1.82) is 0 Å². The van der Waals surface area contributed by atoms with Crippen LogP contribution < -0.4 is 16.4 Å². The number of hydrogen-bond donors (Lipinski definition) is 4. The van der Waals surface area contributed by atoms with E-state index in [9.17, 15) is 9.18 Å². The summed E-state index contributed by atoms with van der Waals surface area (Å²) < 4.78 is 18.3. The molecule has 1 fully saturated rings. The van der Waals surface area contributed by atoms with Gasteiger partial charge in [-0.05, 0) is 56.6 Å². The van der Waals surface area contributed by atoms with E-state index in [1.165, 1.54) is 7.11 Å². The number of amides is 1. The number of likely N-dealkylation sites (N-methyl/N-ethyl adjacent to an activating group) is 1. The zero-order valence-electron chi connectivity index (χ0n) is 19.0. The Morgan fingerprint density at radius 2 is 1.97 bits per heavy atom. The Morgan fingerprint density at radius 3 is 2.42 bits per heavy atom. The lowest BCUT2D eigenvalue weighted by atomic mass is 9.92. The smallest absolute Gasteiger partial charge is 0.245 e. The summed E-state index contributed by atoms with van der Waals surface area (Å²) in [6.07, 6.45) is 0.886. The van der Waals surface area contributed by atoms with Crippen LogP contribution in [0.3, 0.4) is 0 Å². The third-order valence-corrected chi connectivity index (χ3v) is 5.45. The Labute approximate surface area is 210 Å². The minimum Gasteiger partial charge on any atom is -0.399 e. The molecule has 2 atom stereocenters. The fourth-order valence-electron chi connectivity index (χ4n) is 3.01. The summed E-state index contributed by atoms with van der Waals surface area (Å²) in [5, 5.41) is 6.70. The molecule has 1 aliphatic heterocycles. The Kier molecular flexibility index (Phi) is 15.8. The van der Waals surface area contributed by atoms with E-state index < -0.39 is 0 Å². The van der Waals surface area contributed by atoms with Gasteiger partial charge in [-0.3, -0.25) is 4.79 Å². The van der Waals surface area contributed by atoms with Crippen molar-refractivity contribution in [2.24, 2.45) is 0 Å². The Morgan fingerprint density at radius 1 is 1.33 bits per heavy atom. The lowest BCUT2D eigenvalue weighted by molar-refractivity contribution is -0.124. The van der Waals surface area contributed by atoms with Crippen LogP contribution in [0.5, 0.6) is 0 Å². The van der Waals surface area contributed by atoms with E-state index in [0.717, 1.165) is 13.0 Å². The molecule has 3 rings (SSSR count). The summed E-state index contributed by atoms with van der Waals surface area (Å²) in [6.45, 7) is 7.52. The number of nitrogen functional groups attached to an aromatic ring is 1. The first-order valence-electron chi connectivity index (χ1n) is 10.1. The molecule has 1 heterocycles. The number of halogens is 3. The van der Waals surface area contributed by atoms with E-state index in [1.54, 1.807) is 36.4 Å². The Bertz CT molecular complexity index is 834. The number of nitrogens with one attached hydrogen (secondary N) is 2. The average Bonchev–Trinajstić information content (AvgIpc) is 3.11. The van der Waals surface area contributed by atoms with Gasteiger partial charge in [-0.25, -0.2) is 4.39 Å². The average molecular weight is 520 g/mol. The Balaban J connectivity index is 0.000000487. The van der Waals surface area contributed by atoms with Crippen LogP contribution in [0.25, 0.3) is 0 Å². The maximum absolute atomic E-state index is 13.8. The number of methoxy groups -OCH3 is 1. The summed E-state index contributed by atoms with van der Waals surface area (Å²) in [4.78, 5) is 18.1. The fourth-order valence-corrected chi connectivity index (χ4v) is 3.77. The summed E-state index contributed by atoms with van der Waals surface area (Å²) in [5.74, 6) is -0.303. The van der Waals surface area contributed by atoms with Crippen LogP contribution >= 0.6 is 35.8 Å². The highest BCUT2D eigenvalue weighted by atomic mass is 35.5. The molecule has 1 aliphatic rings. The molecule has 0 spiro atoms.